The number of amides is 1. The van der Waals surface area contributed by atoms with Crippen LogP contribution in [0.2, 0.25) is 0 Å². The monoisotopic (exact) mass is 267 g/mol. The molecule has 1 amide bonds. The van der Waals surface area contributed by atoms with Gasteiger partial charge in [0.05, 0.1) is 6.04 Å². The Hall–Kier alpha value is -0.610. The van der Waals surface area contributed by atoms with Crippen LogP contribution in [0.15, 0.2) is 0 Å². The van der Waals surface area contributed by atoms with Crippen LogP contribution in [0.5, 0.6) is 0 Å². The summed E-state index contributed by atoms with van der Waals surface area (Å²) in [5.74, 6) is 0.752. The smallest absolute Gasteiger partial charge is 0.239 e. The Labute approximate surface area is 117 Å². The van der Waals surface area contributed by atoms with Crippen molar-refractivity contribution in [2.45, 2.75) is 70.6 Å². The highest BCUT2D eigenvalue weighted by molar-refractivity contribution is 5.84. The minimum Gasteiger partial charge on any atom is -0.338 e. The molecular weight excluding hydrogens is 238 g/mol. The van der Waals surface area contributed by atoms with Gasteiger partial charge in [-0.3, -0.25) is 4.79 Å². The fraction of sp³-hybridized carbons (Fsp3) is 0.933. The van der Waals surface area contributed by atoms with Crippen LogP contribution in [-0.2, 0) is 4.79 Å². The summed E-state index contributed by atoms with van der Waals surface area (Å²) in [5.41, 5.74) is 5.84. The zero-order valence-electron chi connectivity index (χ0n) is 12.8. The normalized spacial score (nSPS) is 36.6. The molecule has 2 N–H and O–H groups in total. The van der Waals surface area contributed by atoms with Crippen molar-refractivity contribution < 1.29 is 4.79 Å². The number of nitrogens with zero attached hydrogens (tertiary/aromatic N) is 2. The second-order valence-electron chi connectivity index (χ2n) is 6.70. The number of carbonyl (C=O) groups is 1. The molecule has 0 unspecified atom stereocenters. The number of likely N-dealkylation sites (tertiary alicyclic amines) is 1. The van der Waals surface area contributed by atoms with Gasteiger partial charge < -0.3 is 15.5 Å². The zero-order chi connectivity index (χ0) is 14.2. The lowest BCUT2D eigenvalue weighted by Gasteiger charge is -2.43. The van der Waals surface area contributed by atoms with E-state index in [-0.39, 0.29) is 11.9 Å². The summed E-state index contributed by atoms with van der Waals surface area (Å²) in [6.07, 6.45) is 4.35. The van der Waals surface area contributed by atoms with Crippen LogP contribution >= 0.6 is 0 Å². The molecule has 1 saturated carbocycles. The summed E-state index contributed by atoms with van der Waals surface area (Å²) in [6, 6.07) is 1.43. The van der Waals surface area contributed by atoms with Crippen molar-refractivity contribution in [1.82, 2.24) is 9.80 Å². The SMILES string of the molecule is CC(C)N(C)[C@@H]1CC[C@H](N2CC[C@H](N)C2=O)[C@@H](C)C1. The predicted molar refractivity (Wildman–Crippen MR) is 77.8 cm³/mol. The van der Waals surface area contributed by atoms with E-state index in [1.54, 1.807) is 0 Å². The lowest BCUT2D eigenvalue weighted by molar-refractivity contribution is -0.132. The largest absolute Gasteiger partial charge is 0.338 e. The van der Waals surface area contributed by atoms with Gasteiger partial charge in [0, 0.05) is 24.7 Å². The first-order valence-corrected chi connectivity index (χ1v) is 7.69. The Morgan fingerprint density at radius 3 is 2.47 bits per heavy atom. The molecule has 2 fully saturated rings. The molecule has 4 heteroatoms. The first-order valence-electron chi connectivity index (χ1n) is 7.69. The third kappa shape index (κ3) is 2.95. The molecule has 0 aromatic rings. The summed E-state index contributed by atoms with van der Waals surface area (Å²) < 4.78 is 0. The van der Waals surface area contributed by atoms with Gasteiger partial charge in [0.2, 0.25) is 5.91 Å². The predicted octanol–water partition coefficient (Wildman–Crippen LogP) is 1.44. The van der Waals surface area contributed by atoms with Gasteiger partial charge in [-0.05, 0) is 52.5 Å². The average Bonchev–Trinajstić information content (AvgIpc) is 2.69. The number of hydrogen-bond donors (Lipinski definition) is 1. The molecule has 0 aromatic carbocycles. The van der Waals surface area contributed by atoms with Gasteiger partial charge in [-0.25, -0.2) is 0 Å². The van der Waals surface area contributed by atoms with E-state index >= 15 is 0 Å². The molecule has 4 atom stereocenters. The molecule has 0 bridgehead atoms. The van der Waals surface area contributed by atoms with Crippen molar-refractivity contribution >= 4 is 5.91 Å². The van der Waals surface area contributed by atoms with Gasteiger partial charge >= 0.3 is 0 Å². The Balaban J connectivity index is 1.96. The van der Waals surface area contributed by atoms with Gasteiger partial charge in [-0.15, -0.1) is 0 Å². The number of nitrogens with two attached hydrogens (primary N) is 1. The maximum atomic E-state index is 12.1. The molecule has 1 aliphatic heterocycles. The summed E-state index contributed by atoms with van der Waals surface area (Å²) in [6.45, 7) is 7.65. The van der Waals surface area contributed by atoms with E-state index in [1.807, 2.05) is 0 Å². The molecule has 4 nitrogen and oxygen atoms in total. The van der Waals surface area contributed by atoms with Crippen molar-refractivity contribution in [2.75, 3.05) is 13.6 Å². The Kier molecular flexibility index (Phi) is 4.51. The molecule has 1 saturated heterocycles. The summed E-state index contributed by atoms with van der Waals surface area (Å²) in [7, 11) is 2.22. The molecule has 0 radical (unpaired) electrons. The Morgan fingerprint density at radius 1 is 1.32 bits per heavy atom. The maximum Gasteiger partial charge on any atom is 0.239 e. The van der Waals surface area contributed by atoms with Crippen molar-refractivity contribution in [3.05, 3.63) is 0 Å². The van der Waals surface area contributed by atoms with Crippen LogP contribution in [0.3, 0.4) is 0 Å². The summed E-state index contributed by atoms with van der Waals surface area (Å²) in [5, 5.41) is 0. The molecule has 2 aliphatic rings. The fourth-order valence-corrected chi connectivity index (χ4v) is 3.66. The fourth-order valence-electron chi connectivity index (χ4n) is 3.66. The van der Waals surface area contributed by atoms with Crippen molar-refractivity contribution in [2.24, 2.45) is 11.7 Å². The van der Waals surface area contributed by atoms with Crippen molar-refractivity contribution in [3.63, 3.8) is 0 Å². The van der Waals surface area contributed by atoms with Crippen LogP contribution in [0, 0.1) is 5.92 Å². The molecule has 19 heavy (non-hydrogen) atoms. The van der Waals surface area contributed by atoms with Gasteiger partial charge in [0.15, 0.2) is 0 Å². The van der Waals surface area contributed by atoms with E-state index in [0.29, 0.717) is 24.0 Å². The zero-order valence-corrected chi connectivity index (χ0v) is 12.8. The van der Waals surface area contributed by atoms with Crippen LogP contribution < -0.4 is 5.73 Å². The molecule has 2 rings (SSSR count). The third-order valence-electron chi connectivity index (χ3n) is 5.17. The van der Waals surface area contributed by atoms with E-state index < -0.39 is 0 Å². The minimum absolute atomic E-state index is 0.174. The minimum atomic E-state index is -0.247. The highest BCUT2D eigenvalue weighted by Crippen LogP contribution is 2.33. The van der Waals surface area contributed by atoms with E-state index in [4.69, 9.17) is 5.73 Å². The van der Waals surface area contributed by atoms with Gasteiger partial charge in [-0.1, -0.05) is 6.92 Å². The Bertz CT molecular complexity index is 331. The number of carbonyl (C=O) groups excluding carboxylic acids is 1. The standard InChI is InChI=1S/C15H29N3O/c1-10(2)17(4)12-5-6-14(11(3)9-12)18-8-7-13(16)15(18)19/h10-14H,5-9,16H2,1-4H3/t11-,12+,13-,14-/m0/s1. The van der Waals surface area contributed by atoms with Gasteiger partial charge in [0.1, 0.15) is 0 Å². The van der Waals surface area contributed by atoms with E-state index in [0.717, 1.165) is 19.4 Å². The topological polar surface area (TPSA) is 49.6 Å². The van der Waals surface area contributed by atoms with Crippen LogP contribution in [-0.4, -0.2) is 53.5 Å². The van der Waals surface area contributed by atoms with Crippen molar-refractivity contribution in [3.8, 4) is 0 Å². The average molecular weight is 267 g/mol. The first kappa shape index (κ1) is 14.8. The Morgan fingerprint density at radius 2 is 2.00 bits per heavy atom. The van der Waals surface area contributed by atoms with Crippen LogP contribution in [0.1, 0.15) is 46.5 Å². The molecule has 0 spiro atoms. The van der Waals surface area contributed by atoms with Crippen LogP contribution in [0.25, 0.3) is 0 Å². The first-order chi connectivity index (χ1) is 8.91. The number of hydrogen-bond acceptors (Lipinski definition) is 3. The van der Waals surface area contributed by atoms with Gasteiger partial charge in [-0.2, -0.15) is 0 Å². The molecule has 110 valence electrons. The van der Waals surface area contributed by atoms with E-state index in [2.05, 4.69) is 37.6 Å². The lowest BCUT2D eigenvalue weighted by Crippen LogP contribution is -2.50. The highest BCUT2D eigenvalue weighted by atomic mass is 16.2. The molecule has 1 heterocycles. The second-order valence-corrected chi connectivity index (χ2v) is 6.70. The summed E-state index contributed by atoms with van der Waals surface area (Å²) in [4.78, 5) is 16.6. The van der Waals surface area contributed by atoms with E-state index in [9.17, 15) is 4.79 Å². The lowest BCUT2D eigenvalue weighted by atomic mass is 9.81. The number of rotatable bonds is 3. The van der Waals surface area contributed by atoms with Gasteiger partial charge in [0.25, 0.3) is 0 Å². The third-order valence-corrected chi connectivity index (χ3v) is 5.17. The van der Waals surface area contributed by atoms with E-state index in [1.165, 1.54) is 12.8 Å². The van der Waals surface area contributed by atoms with Crippen molar-refractivity contribution in [1.29, 1.82) is 0 Å². The highest BCUT2D eigenvalue weighted by Gasteiger charge is 2.39. The molecule has 1 aliphatic carbocycles. The van der Waals surface area contributed by atoms with Crippen LogP contribution in [0.4, 0.5) is 0 Å². The summed E-state index contributed by atoms with van der Waals surface area (Å²) >= 11 is 0. The molecular formula is C15H29N3O. The maximum absolute atomic E-state index is 12.1. The molecule has 0 aromatic heterocycles. The second kappa shape index (κ2) is 5.80. The quantitative estimate of drug-likeness (QED) is 0.842.